The van der Waals surface area contributed by atoms with E-state index >= 15 is 0 Å². The molecule has 7 heteroatoms. The van der Waals surface area contributed by atoms with E-state index in [2.05, 4.69) is 30.8 Å². The van der Waals surface area contributed by atoms with Gasteiger partial charge in [0, 0.05) is 50.1 Å². The van der Waals surface area contributed by atoms with E-state index in [1.807, 2.05) is 11.6 Å². The molecule has 0 N–H and O–H groups in total. The third-order valence-electron chi connectivity index (χ3n) is 3.05. The number of rotatable bonds is 2. The van der Waals surface area contributed by atoms with Gasteiger partial charge in [-0.3, -0.25) is 0 Å². The molecule has 0 bridgehead atoms. The van der Waals surface area contributed by atoms with Gasteiger partial charge in [-0.2, -0.15) is 5.26 Å². The van der Waals surface area contributed by atoms with Crippen molar-refractivity contribution in [1.82, 2.24) is 15.0 Å². The molecule has 0 saturated carbocycles. The van der Waals surface area contributed by atoms with Crippen LogP contribution >= 0.6 is 11.3 Å². The number of hydrogen-bond acceptors (Lipinski definition) is 7. The van der Waals surface area contributed by atoms with Crippen molar-refractivity contribution in [2.24, 2.45) is 0 Å². The minimum Gasteiger partial charge on any atom is -0.351 e. The summed E-state index contributed by atoms with van der Waals surface area (Å²) in [6.07, 6.45) is 5.00. The van der Waals surface area contributed by atoms with Crippen LogP contribution in [0, 0.1) is 11.3 Å². The molecule has 0 unspecified atom stereocenters. The first-order valence-electron chi connectivity index (χ1n) is 5.99. The Kier molecular flexibility index (Phi) is 3.25. The van der Waals surface area contributed by atoms with Crippen molar-refractivity contribution in [2.45, 2.75) is 0 Å². The first-order chi connectivity index (χ1) is 9.38. The van der Waals surface area contributed by atoms with E-state index in [1.165, 1.54) is 0 Å². The Bertz CT molecular complexity index is 583. The van der Waals surface area contributed by atoms with E-state index < -0.39 is 0 Å². The largest absolute Gasteiger partial charge is 0.351 e. The van der Waals surface area contributed by atoms with Crippen molar-refractivity contribution >= 4 is 22.3 Å². The van der Waals surface area contributed by atoms with Gasteiger partial charge in [-0.1, -0.05) is 0 Å². The number of nitrogens with zero attached hydrogens (tertiary/aromatic N) is 6. The molecule has 2 aromatic rings. The lowest BCUT2D eigenvalue weighted by molar-refractivity contribution is 0.644. The third-order valence-corrected chi connectivity index (χ3v) is 3.89. The van der Waals surface area contributed by atoms with Gasteiger partial charge >= 0.3 is 0 Å². The molecule has 3 heterocycles. The van der Waals surface area contributed by atoms with E-state index in [9.17, 15) is 0 Å². The molecule has 3 rings (SSSR count). The van der Waals surface area contributed by atoms with Gasteiger partial charge in [0.05, 0.1) is 0 Å². The zero-order chi connectivity index (χ0) is 13.1. The molecular formula is C12H12N6S. The number of hydrogen-bond donors (Lipinski definition) is 0. The zero-order valence-corrected chi connectivity index (χ0v) is 11.0. The molecule has 1 fully saturated rings. The monoisotopic (exact) mass is 272 g/mol. The smallest absolute Gasteiger partial charge is 0.185 e. The van der Waals surface area contributed by atoms with Crippen LogP contribution in [0.5, 0.6) is 0 Å². The van der Waals surface area contributed by atoms with E-state index in [1.54, 1.807) is 23.7 Å². The van der Waals surface area contributed by atoms with Gasteiger partial charge in [0.15, 0.2) is 16.6 Å². The van der Waals surface area contributed by atoms with E-state index in [0.29, 0.717) is 11.5 Å². The fourth-order valence-corrected chi connectivity index (χ4v) is 2.82. The van der Waals surface area contributed by atoms with Crippen molar-refractivity contribution in [3.05, 3.63) is 29.7 Å². The summed E-state index contributed by atoms with van der Waals surface area (Å²) < 4.78 is 0. The molecule has 0 atom stereocenters. The highest BCUT2D eigenvalue weighted by atomic mass is 32.1. The van der Waals surface area contributed by atoms with Crippen molar-refractivity contribution in [1.29, 1.82) is 5.26 Å². The van der Waals surface area contributed by atoms with Crippen LogP contribution in [0.2, 0.25) is 0 Å². The predicted molar refractivity (Wildman–Crippen MR) is 73.3 cm³/mol. The average molecular weight is 272 g/mol. The van der Waals surface area contributed by atoms with Crippen molar-refractivity contribution in [2.75, 3.05) is 36.0 Å². The second kappa shape index (κ2) is 5.20. The molecule has 6 nitrogen and oxygen atoms in total. The molecule has 0 radical (unpaired) electrons. The summed E-state index contributed by atoms with van der Waals surface area (Å²) in [5.41, 5.74) is 0.394. The van der Waals surface area contributed by atoms with Crippen LogP contribution in [0.3, 0.4) is 0 Å². The Labute approximate surface area is 115 Å². The third kappa shape index (κ3) is 2.35. The minimum atomic E-state index is 0.394. The fourth-order valence-electron chi connectivity index (χ4n) is 2.12. The maximum absolute atomic E-state index is 9.05. The van der Waals surface area contributed by atoms with Crippen molar-refractivity contribution < 1.29 is 0 Å². The van der Waals surface area contributed by atoms with Gasteiger partial charge < -0.3 is 9.80 Å². The average Bonchev–Trinajstić information content (AvgIpc) is 3.02. The van der Waals surface area contributed by atoms with Crippen LogP contribution in [0.1, 0.15) is 5.69 Å². The standard InChI is InChI=1S/C12H12N6S/c13-9-10-11(15-2-1-14-10)17-4-6-18(7-5-17)12-16-3-8-19-12/h1-3,8H,4-7H2. The van der Waals surface area contributed by atoms with Gasteiger partial charge in [0.25, 0.3) is 0 Å². The molecule has 0 spiro atoms. The molecule has 96 valence electrons. The molecule has 1 saturated heterocycles. The Morgan fingerprint density at radius 2 is 1.74 bits per heavy atom. The summed E-state index contributed by atoms with van der Waals surface area (Å²) in [5.74, 6) is 0.684. The van der Waals surface area contributed by atoms with Crippen LogP contribution < -0.4 is 9.80 Å². The number of thiazole rings is 1. The van der Waals surface area contributed by atoms with Gasteiger partial charge in [0.2, 0.25) is 0 Å². The van der Waals surface area contributed by atoms with Gasteiger partial charge in [0.1, 0.15) is 6.07 Å². The number of aromatic nitrogens is 3. The van der Waals surface area contributed by atoms with Crippen molar-refractivity contribution in [3.63, 3.8) is 0 Å². The highest BCUT2D eigenvalue weighted by molar-refractivity contribution is 7.13. The first kappa shape index (κ1) is 11.9. The van der Waals surface area contributed by atoms with Crippen LogP contribution in [0.15, 0.2) is 24.0 Å². The molecule has 0 aliphatic carbocycles. The number of piperazine rings is 1. The van der Waals surface area contributed by atoms with Crippen molar-refractivity contribution in [3.8, 4) is 6.07 Å². The summed E-state index contributed by atoms with van der Waals surface area (Å²) in [7, 11) is 0. The van der Waals surface area contributed by atoms with E-state index in [4.69, 9.17) is 5.26 Å². The molecule has 1 aliphatic rings. The lowest BCUT2D eigenvalue weighted by atomic mass is 10.3. The van der Waals surface area contributed by atoms with Gasteiger partial charge in [-0.15, -0.1) is 11.3 Å². The molecular weight excluding hydrogens is 260 g/mol. The van der Waals surface area contributed by atoms with Crippen LogP contribution in [-0.2, 0) is 0 Å². The number of anilines is 2. The quantitative estimate of drug-likeness (QED) is 0.816. The van der Waals surface area contributed by atoms with Gasteiger partial charge in [-0.05, 0) is 0 Å². The summed E-state index contributed by atoms with van der Waals surface area (Å²) in [4.78, 5) is 17.0. The molecule has 19 heavy (non-hydrogen) atoms. The number of nitriles is 1. The normalized spacial score (nSPS) is 15.3. The summed E-state index contributed by atoms with van der Waals surface area (Å²) in [6, 6.07) is 2.09. The molecule has 0 amide bonds. The lowest BCUT2D eigenvalue weighted by Gasteiger charge is -2.35. The predicted octanol–water partition coefficient (Wildman–Crippen LogP) is 1.13. The summed E-state index contributed by atoms with van der Waals surface area (Å²) >= 11 is 1.65. The molecule has 0 aromatic carbocycles. The lowest BCUT2D eigenvalue weighted by Crippen LogP contribution is -2.47. The molecule has 1 aliphatic heterocycles. The van der Waals surface area contributed by atoms with E-state index in [0.717, 1.165) is 31.3 Å². The fraction of sp³-hybridized carbons (Fsp3) is 0.333. The Hall–Kier alpha value is -2.20. The van der Waals surface area contributed by atoms with Crippen LogP contribution in [0.4, 0.5) is 10.9 Å². The minimum absolute atomic E-state index is 0.394. The zero-order valence-electron chi connectivity index (χ0n) is 10.2. The van der Waals surface area contributed by atoms with Gasteiger partial charge in [-0.25, -0.2) is 15.0 Å². The summed E-state index contributed by atoms with van der Waals surface area (Å²) in [5, 5.41) is 12.1. The topological polar surface area (TPSA) is 68.9 Å². The Morgan fingerprint density at radius 1 is 1.00 bits per heavy atom. The summed E-state index contributed by atoms with van der Waals surface area (Å²) in [6.45, 7) is 3.42. The first-order valence-corrected chi connectivity index (χ1v) is 6.87. The van der Waals surface area contributed by atoms with Crippen LogP contribution in [-0.4, -0.2) is 41.1 Å². The maximum atomic E-state index is 9.05. The Balaban J connectivity index is 1.72. The highest BCUT2D eigenvalue weighted by Gasteiger charge is 2.21. The Morgan fingerprint density at radius 3 is 2.42 bits per heavy atom. The second-order valence-corrected chi connectivity index (χ2v) is 5.00. The second-order valence-electron chi connectivity index (χ2n) is 4.13. The SMILES string of the molecule is N#Cc1nccnc1N1CCN(c2nccs2)CC1. The maximum Gasteiger partial charge on any atom is 0.185 e. The van der Waals surface area contributed by atoms with Crippen LogP contribution in [0.25, 0.3) is 0 Å². The highest BCUT2D eigenvalue weighted by Crippen LogP contribution is 2.21. The molecule has 2 aromatic heterocycles. The van der Waals surface area contributed by atoms with E-state index in [-0.39, 0.29) is 0 Å².